The standard InChI is InChI=1S/C73H120O16P2/c1-4-7-10-13-16-19-22-25-28-31-33-36-38-41-44-47-50-53-56-59-71(76)83-62-68(74)63-85-90(79,80)86-64-69(75)65-87-91(81,82)88-67-70(89-73(78)61-58-55-52-49-46-43-40-35-30-27-24-21-18-15-12-9-6-3)66-84-72(77)60-57-54-51-48-45-42-39-37-34-32-29-26-23-20-17-14-11-8-5-2/h7-12,16-21,25-30,33-34,36-37,40,43,68-70,74-75H,4-6,13-15,22-24,31-32,35,38-39,41-42,44-67H2,1-3H3,(H,79,80)(H,81,82)/b10-7-,11-8-,12-9-,19-16-,20-17-,21-18-,28-25-,29-26-,30-27-,36-33-,37-34-,43-40-. The second-order valence-corrected chi connectivity index (χ2v) is 25.1. The number of carbonyl (C=O) groups is 3. The van der Waals surface area contributed by atoms with Gasteiger partial charge in [0.05, 0.1) is 26.4 Å². The van der Waals surface area contributed by atoms with Gasteiger partial charge in [0.2, 0.25) is 0 Å². The van der Waals surface area contributed by atoms with Gasteiger partial charge in [-0.05, 0) is 135 Å². The van der Waals surface area contributed by atoms with Crippen molar-refractivity contribution in [3.8, 4) is 0 Å². The van der Waals surface area contributed by atoms with Crippen LogP contribution in [0.3, 0.4) is 0 Å². The Morgan fingerprint density at radius 1 is 0.308 bits per heavy atom. The maximum Gasteiger partial charge on any atom is 0.472 e. The highest BCUT2D eigenvalue weighted by Crippen LogP contribution is 2.45. The van der Waals surface area contributed by atoms with Gasteiger partial charge in [0, 0.05) is 19.3 Å². The number of esters is 3. The minimum absolute atomic E-state index is 0.0675. The second-order valence-electron chi connectivity index (χ2n) is 22.2. The van der Waals surface area contributed by atoms with Gasteiger partial charge in [-0.3, -0.25) is 32.5 Å². The lowest BCUT2D eigenvalue weighted by Gasteiger charge is -2.21. The summed E-state index contributed by atoms with van der Waals surface area (Å²) in [5.74, 6) is -1.64. The van der Waals surface area contributed by atoms with E-state index in [0.717, 1.165) is 180 Å². The first kappa shape index (κ1) is 86.4. The van der Waals surface area contributed by atoms with Crippen molar-refractivity contribution in [2.75, 3.05) is 39.6 Å². The molecule has 0 rings (SSSR count). The minimum atomic E-state index is -4.94. The van der Waals surface area contributed by atoms with Crippen LogP contribution in [-0.2, 0) is 55.8 Å². The maximum absolute atomic E-state index is 12.9. The van der Waals surface area contributed by atoms with Crippen molar-refractivity contribution >= 4 is 33.6 Å². The van der Waals surface area contributed by atoms with E-state index in [1.165, 1.54) is 0 Å². The first-order valence-corrected chi connectivity index (χ1v) is 37.1. The van der Waals surface area contributed by atoms with E-state index in [1.807, 2.05) is 0 Å². The van der Waals surface area contributed by atoms with Crippen LogP contribution in [0.15, 0.2) is 146 Å². The van der Waals surface area contributed by atoms with Gasteiger partial charge in [0.1, 0.15) is 25.4 Å². The molecule has 0 aliphatic rings. The second kappa shape index (κ2) is 65.5. The van der Waals surface area contributed by atoms with Crippen LogP contribution in [0.4, 0.5) is 0 Å². The largest absolute Gasteiger partial charge is 0.472 e. The molecule has 518 valence electrons. The summed E-state index contributed by atoms with van der Waals surface area (Å²) in [5.41, 5.74) is 0. The summed E-state index contributed by atoms with van der Waals surface area (Å²) >= 11 is 0. The molecule has 0 radical (unpaired) electrons. The van der Waals surface area contributed by atoms with E-state index in [0.29, 0.717) is 19.3 Å². The van der Waals surface area contributed by atoms with Crippen LogP contribution >= 0.6 is 15.6 Å². The highest BCUT2D eigenvalue weighted by atomic mass is 31.2. The van der Waals surface area contributed by atoms with Gasteiger partial charge in [0.15, 0.2) is 6.10 Å². The Kier molecular flexibility index (Phi) is 62.2. The average molecular weight is 1320 g/mol. The van der Waals surface area contributed by atoms with Crippen LogP contribution in [0.2, 0.25) is 0 Å². The topological polar surface area (TPSA) is 231 Å². The van der Waals surface area contributed by atoms with Gasteiger partial charge in [-0.15, -0.1) is 0 Å². The molecule has 5 unspecified atom stereocenters. The zero-order chi connectivity index (χ0) is 66.7. The van der Waals surface area contributed by atoms with Crippen LogP contribution < -0.4 is 0 Å². The average Bonchev–Trinajstić information content (AvgIpc) is 3.02. The number of rotatable bonds is 63. The summed E-state index contributed by atoms with van der Waals surface area (Å²) in [6.07, 6.45) is 77.5. The molecule has 0 amide bonds. The van der Waals surface area contributed by atoms with E-state index >= 15 is 0 Å². The molecule has 0 aromatic heterocycles. The van der Waals surface area contributed by atoms with Gasteiger partial charge in [-0.1, -0.05) is 231 Å². The summed E-state index contributed by atoms with van der Waals surface area (Å²) in [6, 6.07) is 0. The maximum atomic E-state index is 12.9. The number of hydrogen-bond donors (Lipinski definition) is 4. The summed E-state index contributed by atoms with van der Waals surface area (Å²) < 4.78 is 60.9. The third-order valence-corrected chi connectivity index (χ3v) is 15.4. The van der Waals surface area contributed by atoms with E-state index in [4.69, 9.17) is 32.3 Å². The van der Waals surface area contributed by atoms with Crippen LogP contribution in [0.5, 0.6) is 0 Å². The molecule has 0 aromatic carbocycles. The lowest BCUT2D eigenvalue weighted by molar-refractivity contribution is -0.161. The molecule has 0 aliphatic carbocycles. The van der Waals surface area contributed by atoms with Crippen molar-refractivity contribution < 1.29 is 75.8 Å². The number of ether oxygens (including phenoxy) is 3. The lowest BCUT2D eigenvalue weighted by atomic mass is 10.1. The predicted octanol–water partition coefficient (Wildman–Crippen LogP) is 19.0. The number of carbonyl (C=O) groups excluding carboxylic acids is 3. The fraction of sp³-hybridized carbons (Fsp3) is 0.630. The fourth-order valence-corrected chi connectivity index (χ4v) is 10.0. The van der Waals surface area contributed by atoms with E-state index in [1.54, 1.807) is 0 Å². The number of unbranched alkanes of at least 4 members (excludes halogenated alkanes) is 16. The number of aliphatic hydroxyl groups excluding tert-OH is 2. The van der Waals surface area contributed by atoms with Gasteiger partial charge in [-0.25, -0.2) is 9.13 Å². The molecule has 0 aliphatic heterocycles. The van der Waals surface area contributed by atoms with Gasteiger partial charge in [0.25, 0.3) is 0 Å². The summed E-state index contributed by atoms with van der Waals surface area (Å²) in [7, 11) is -9.80. The van der Waals surface area contributed by atoms with Crippen molar-refractivity contribution in [1.29, 1.82) is 0 Å². The Morgan fingerprint density at radius 2 is 0.549 bits per heavy atom. The van der Waals surface area contributed by atoms with Gasteiger partial charge < -0.3 is 34.2 Å². The first-order valence-electron chi connectivity index (χ1n) is 34.1. The monoisotopic (exact) mass is 1310 g/mol. The van der Waals surface area contributed by atoms with Crippen molar-refractivity contribution in [2.45, 2.75) is 257 Å². The quantitative estimate of drug-likeness (QED) is 0.0146. The summed E-state index contributed by atoms with van der Waals surface area (Å²) in [6.45, 7) is 2.24. The molecule has 5 atom stereocenters. The molecular weight excluding hydrogens is 1190 g/mol. The summed E-state index contributed by atoms with van der Waals surface area (Å²) in [4.78, 5) is 58.4. The molecule has 18 heteroatoms. The smallest absolute Gasteiger partial charge is 0.463 e. The van der Waals surface area contributed by atoms with Gasteiger partial charge in [-0.2, -0.15) is 0 Å². The van der Waals surface area contributed by atoms with Crippen molar-refractivity contribution in [3.63, 3.8) is 0 Å². The molecule has 0 heterocycles. The highest BCUT2D eigenvalue weighted by molar-refractivity contribution is 7.47. The fourth-order valence-electron chi connectivity index (χ4n) is 8.42. The SMILES string of the molecule is CC/C=C\C/C=C\C/C=C\C/C=C\CCCCCCCCC(=O)OCC(O)COP(=O)(O)OCC(O)COP(=O)(O)OCC(COC(=O)CCCCCCCC/C=C\C/C=C\C/C=C\C/C=C\CC)OC(=O)CCCCCC/C=C\C/C=C\C/C=C\C/C=C\CC. The van der Waals surface area contributed by atoms with E-state index < -0.39 is 91.5 Å². The van der Waals surface area contributed by atoms with E-state index in [9.17, 15) is 43.5 Å². The molecule has 91 heavy (non-hydrogen) atoms. The molecule has 0 saturated heterocycles. The third-order valence-electron chi connectivity index (χ3n) is 13.5. The van der Waals surface area contributed by atoms with Crippen molar-refractivity contribution in [2.24, 2.45) is 0 Å². The number of phosphoric ester groups is 2. The Labute approximate surface area is 549 Å². The molecule has 16 nitrogen and oxygen atoms in total. The normalized spacial score (nSPS) is 15.1. The molecule has 0 spiro atoms. The van der Waals surface area contributed by atoms with Crippen LogP contribution in [-0.4, -0.2) is 95.9 Å². The number of aliphatic hydroxyl groups is 2. The van der Waals surface area contributed by atoms with Crippen molar-refractivity contribution in [1.82, 2.24) is 0 Å². The van der Waals surface area contributed by atoms with E-state index in [2.05, 4.69) is 167 Å². The van der Waals surface area contributed by atoms with E-state index in [-0.39, 0.29) is 19.3 Å². The molecular formula is C73H120O16P2. The molecule has 0 bridgehead atoms. The zero-order valence-electron chi connectivity index (χ0n) is 56.0. The van der Waals surface area contributed by atoms with Gasteiger partial charge >= 0.3 is 33.6 Å². The van der Waals surface area contributed by atoms with Crippen molar-refractivity contribution in [3.05, 3.63) is 146 Å². The lowest BCUT2D eigenvalue weighted by Crippen LogP contribution is -2.30. The first-order chi connectivity index (χ1) is 44.2. The molecule has 4 N–H and O–H groups in total. The number of phosphoric acid groups is 2. The summed E-state index contributed by atoms with van der Waals surface area (Å²) in [5, 5.41) is 20.5. The third kappa shape index (κ3) is 66.7. The Bertz CT molecular complexity index is 2240. The highest BCUT2D eigenvalue weighted by Gasteiger charge is 2.29. The number of allylic oxidation sites excluding steroid dienone is 24. The van der Waals surface area contributed by atoms with Crippen LogP contribution in [0, 0.1) is 0 Å². The molecule has 0 aromatic rings. The minimum Gasteiger partial charge on any atom is -0.463 e. The molecule has 0 fully saturated rings. The number of hydrogen-bond acceptors (Lipinski definition) is 14. The van der Waals surface area contributed by atoms with Crippen LogP contribution in [0.1, 0.15) is 239 Å². The zero-order valence-corrected chi connectivity index (χ0v) is 57.7. The Hall–Kier alpha value is -4.57. The Balaban J connectivity index is 4.77. The molecule has 0 saturated carbocycles. The Morgan fingerprint density at radius 3 is 0.868 bits per heavy atom. The predicted molar refractivity (Wildman–Crippen MR) is 371 cm³/mol. The van der Waals surface area contributed by atoms with Crippen LogP contribution in [0.25, 0.3) is 0 Å².